The van der Waals surface area contributed by atoms with Gasteiger partial charge in [0.05, 0.1) is 12.7 Å². The van der Waals surface area contributed by atoms with E-state index in [2.05, 4.69) is 31.3 Å². The van der Waals surface area contributed by atoms with E-state index < -0.39 is 0 Å². The number of rotatable bonds is 6. The van der Waals surface area contributed by atoms with Crippen LogP contribution in [0.3, 0.4) is 0 Å². The highest BCUT2D eigenvalue weighted by molar-refractivity contribution is 5.27. The van der Waals surface area contributed by atoms with Gasteiger partial charge in [-0.15, -0.1) is 0 Å². The first-order valence-electron chi connectivity index (χ1n) is 7.65. The summed E-state index contributed by atoms with van der Waals surface area (Å²) < 4.78 is 11.1. The minimum absolute atomic E-state index is 0.0655. The lowest BCUT2D eigenvalue weighted by atomic mass is 9.90. The van der Waals surface area contributed by atoms with Gasteiger partial charge < -0.3 is 14.8 Å². The summed E-state index contributed by atoms with van der Waals surface area (Å²) in [6, 6.07) is 8.92. The molecule has 0 bridgehead atoms. The molecule has 1 N–H and O–H groups in total. The van der Waals surface area contributed by atoms with Crippen LogP contribution < -0.4 is 10.1 Å². The molecule has 1 fully saturated rings. The quantitative estimate of drug-likeness (QED) is 0.866. The number of benzene rings is 1. The molecule has 2 atom stereocenters. The summed E-state index contributed by atoms with van der Waals surface area (Å²) in [5, 5.41) is 3.68. The fourth-order valence-electron chi connectivity index (χ4n) is 2.76. The van der Waals surface area contributed by atoms with Crippen LogP contribution in [0.5, 0.6) is 5.75 Å². The fourth-order valence-corrected chi connectivity index (χ4v) is 2.76. The third-order valence-corrected chi connectivity index (χ3v) is 4.35. The second kappa shape index (κ2) is 7.09. The molecule has 1 aliphatic rings. The fraction of sp³-hybridized carbons (Fsp3) is 0.647. The van der Waals surface area contributed by atoms with Gasteiger partial charge in [0, 0.05) is 12.6 Å². The van der Waals surface area contributed by atoms with Crippen LogP contribution in [0.25, 0.3) is 0 Å². The van der Waals surface area contributed by atoms with Crippen LogP contribution in [-0.2, 0) is 11.2 Å². The zero-order chi connectivity index (χ0) is 14.4. The van der Waals surface area contributed by atoms with Crippen molar-refractivity contribution in [2.45, 2.75) is 51.2 Å². The average Bonchev–Trinajstić information content (AvgIpc) is 2.48. The summed E-state index contributed by atoms with van der Waals surface area (Å²) in [6.45, 7) is 6.34. The summed E-state index contributed by atoms with van der Waals surface area (Å²) in [6.07, 6.45) is 4.39. The normalized spacial score (nSPS) is 26.4. The monoisotopic (exact) mass is 277 g/mol. The van der Waals surface area contributed by atoms with Crippen LogP contribution in [0.4, 0.5) is 0 Å². The number of nitrogens with one attached hydrogen (secondary N) is 1. The molecule has 3 heteroatoms. The largest absolute Gasteiger partial charge is 0.497 e. The smallest absolute Gasteiger partial charge is 0.118 e. The van der Waals surface area contributed by atoms with Crippen molar-refractivity contribution in [3.05, 3.63) is 29.8 Å². The highest BCUT2D eigenvalue weighted by Crippen LogP contribution is 2.27. The average molecular weight is 277 g/mol. The third-order valence-electron chi connectivity index (χ3n) is 4.35. The summed E-state index contributed by atoms with van der Waals surface area (Å²) in [7, 11) is 1.70. The van der Waals surface area contributed by atoms with E-state index in [1.165, 1.54) is 5.56 Å². The molecule has 1 aliphatic heterocycles. The van der Waals surface area contributed by atoms with Gasteiger partial charge in [-0.05, 0) is 56.8 Å². The molecule has 3 nitrogen and oxygen atoms in total. The molecule has 2 unspecified atom stereocenters. The second-order valence-corrected chi connectivity index (χ2v) is 5.89. The standard InChI is InChI=1S/C17H27NO2/c1-4-17(2)13-15(10-12-20-17)18-11-9-14-5-7-16(19-3)8-6-14/h5-8,15,18H,4,9-13H2,1-3H3. The Morgan fingerprint density at radius 2 is 2.10 bits per heavy atom. The SMILES string of the molecule is CCC1(C)CC(NCCc2ccc(OC)cc2)CCO1. The van der Waals surface area contributed by atoms with Crippen molar-refractivity contribution in [2.24, 2.45) is 0 Å². The first kappa shape index (κ1) is 15.3. The topological polar surface area (TPSA) is 30.5 Å². The maximum atomic E-state index is 5.88. The predicted octanol–water partition coefficient (Wildman–Crippen LogP) is 3.18. The van der Waals surface area contributed by atoms with Crippen LogP contribution in [0.15, 0.2) is 24.3 Å². The van der Waals surface area contributed by atoms with Crippen molar-refractivity contribution in [1.29, 1.82) is 0 Å². The molecule has 0 spiro atoms. The van der Waals surface area contributed by atoms with Gasteiger partial charge in [-0.2, -0.15) is 0 Å². The van der Waals surface area contributed by atoms with E-state index in [-0.39, 0.29) is 5.60 Å². The summed E-state index contributed by atoms with van der Waals surface area (Å²) in [5.74, 6) is 0.921. The summed E-state index contributed by atoms with van der Waals surface area (Å²) >= 11 is 0. The van der Waals surface area contributed by atoms with Crippen molar-refractivity contribution >= 4 is 0 Å². The van der Waals surface area contributed by atoms with E-state index in [1.807, 2.05) is 12.1 Å². The van der Waals surface area contributed by atoms with Gasteiger partial charge in [0.25, 0.3) is 0 Å². The van der Waals surface area contributed by atoms with Crippen LogP contribution in [0, 0.1) is 0 Å². The lowest BCUT2D eigenvalue weighted by Gasteiger charge is -2.38. The molecule has 1 saturated heterocycles. The van der Waals surface area contributed by atoms with E-state index in [1.54, 1.807) is 7.11 Å². The molecule has 1 aromatic carbocycles. The van der Waals surface area contributed by atoms with Gasteiger partial charge in [-0.1, -0.05) is 19.1 Å². The maximum Gasteiger partial charge on any atom is 0.118 e. The number of hydrogen-bond donors (Lipinski definition) is 1. The molecule has 0 saturated carbocycles. The summed E-state index contributed by atoms with van der Waals surface area (Å²) in [5.41, 5.74) is 1.42. The van der Waals surface area contributed by atoms with Crippen LogP contribution >= 0.6 is 0 Å². The van der Waals surface area contributed by atoms with Crippen LogP contribution in [0.1, 0.15) is 38.7 Å². The molecular formula is C17H27NO2. The number of methoxy groups -OCH3 is 1. The first-order valence-corrected chi connectivity index (χ1v) is 7.65. The number of ether oxygens (including phenoxy) is 2. The molecule has 0 aromatic heterocycles. The van der Waals surface area contributed by atoms with E-state index in [0.717, 1.165) is 44.6 Å². The zero-order valence-corrected chi connectivity index (χ0v) is 12.9. The molecule has 112 valence electrons. The van der Waals surface area contributed by atoms with Gasteiger partial charge in [0.15, 0.2) is 0 Å². The Morgan fingerprint density at radius 3 is 2.75 bits per heavy atom. The van der Waals surface area contributed by atoms with Gasteiger partial charge >= 0.3 is 0 Å². The molecule has 0 amide bonds. The van der Waals surface area contributed by atoms with E-state index >= 15 is 0 Å². The summed E-state index contributed by atoms with van der Waals surface area (Å²) in [4.78, 5) is 0. The minimum Gasteiger partial charge on any atom is -0.497 e. The van der Waals surface area contributed by atoms with E-state index in [9.17, 15) is 0 Å². The van der Waals surface area contributed by atoms with E-state index in [0.29, 0.717) is 6.04 Å². The Bertz CT molecular complexity index is 404. The van der Waals surface area contributed by atoms with Gasteiger partial charge in [0.2, 0.25) is 0 Å². The van der Waals surface area contributed by atoms with Crippen molar-refractivity contribution < 1.29 is 9.47 Å². The lowest BCUT2D eigenvalue weighted by molar-refractivity contribution is -0.0778. The highest BCUT2D eigenvalue weighted by atomic mass is 16.5. The molecule has 20 heavy (non-hydrogen) atoms. The minimum atomic E-state index is 0.0655. The van der Waals surface area contributed by atoms with Gasteiger partial charge in [0.1, 0.15) is 5.75 Å². The molecule has 1 heterocycles. The number of hydrogen-bond acceptors (Lipinski definition) is 3. The van der Waals surface area contributed by atoms with Crippen molar-refractivity contribution in [3.63, 3.8) is 0 Å². The Balaban J connectivity index is 1.75. The third kappa shape index (κ3) is 4.22. The van der Waals surface area contributed by atoms with Crippen LogP contribution in [-0.4, -0.2) is 31.9 Å². The molecule has 1 aromatic rings. The van der Waals surface area contributed by atoms with Crippen molar-refractivity contribution in [1.82, 2.24) is 5.32 Å². The second-order valence-electron chi connectivity index (χ2n) is 5.89. The molecule has 0 aliphatic carbocycles. The van der Waals surface area contributed by atoms with Gasteiger partial charge in [-0.25, -0.2) is 0 Å². The molecule has 2 rings (SSSR count). The molecular weight excluding hydrogens is 250 g/mol. The van der Waals surface area contributed by atoms with E-state index in [4.69, 9.17) is 9.47 Å². The first-order chi connectivity index (χ1) is 9.65. The Morgan fingerprint density at radius 1 is 1.35 bits per heavy atom. The van der Waals surface area contributed by atoms with Crippen molar-refractivity contribution in [2.75, 3.05) is 20.3 Å². The lowest BCUT2D eigenvalue weighted by Crippen LogP contribution is -2.45. The zero-order valence-electron chi connectivity index (χ0n) is 12.9. The molecule has 0 radical (unpaired) electrons. The van der Waals surface area contributed by atoms with Gasteiger partial charge in [-0.3, -0.25) is 0 Å². The Kier molecular flexibility index (Phi) is 5.44. The van der Waals surface area contributed by atoms with Crippen LogP contribution in [0.2, 0.25) is 0 Å². The van der Waals surface area contributed by atoms with Crippen molar-refractivity contribution in [3.8, 4) is 5.75 Å². The Labute approximate surface area is 122 Å². The predicted molar refractivity (Wildman–Crippen MR) is 82.4 cm³/mol. The highest BCUT2D eigenvalue weighted by Gasteiger charge is 2.31. The Hall–Kier alpha value is -1.06. The maximum absolute atomic E-state index is 5.88.